The Morgan fingerprint density at radius 2 is 1.84 bits per heavy atom. The normalized spacial score (nSPS) is 15.9. The van der Waals surface area contributed by atoms with Crippen molar-refractivity contribution in [3.05, 3.63) is 78.1 Å². The number of amides is 1. The van der Waals surface area contributed by atoms with Gasteiger partial charge in [-0.2, -0.15) is 0 Å². The zero-order valence-electron chi connectivity index (χ0n) is 18.2. The molecular weight excluding hydrogens is 388 g/mol. The second-order valence-corrected chi connectivity index (χ2v) is 8.12. The molecule has 4 rings (SSSR count). The molecule has 0 aliphatic carbocycles. The fourth-order valence-corrected chi connectivity index (χ4v) is 3.80. The van der Waals surface area contributed by atoms with E-state index in [1.165, 1.54) is 12.1 Å². The first-order valence-electron chi connectivity index (χ1n) is 10.5. The number of carbonyl (C=O) groups excluding carboxylic acids is 1. The van der Waals surface area contributed by atoms with Crippen molar-refractivity contribution in [3.63, 3.8) is 0 Å². The molecule has 6 heteroatoms. The van der Waals surface area contributed by atoms with Crippen LogP contribution in [0, 0.1) is 6.92 Å². The van der Waals surface area contributed by atoms with Crippen molar-refractivity contribution in [3.8, 4) is 11.5 Å². The maximum Gasteiger partial charge on any atom is 0.255 e. The highest BCUT2D eigenvalue weighted by molar-refractivity contribution is 6.04. The van der Waals surface area contributed by atoms with Crippen molar-refractivity contribution >= 4 is 17.3 Å². The molecule has 6 nitrogen and oxygen atoms in total. The van der Waals surface area contributed by atoms with E-state index in [-0.39, 0.29) is 5.91 Å². The smallest absolute Gasteiger partial charge is 0.255 e. The van der Waals surface area contributed by atoms with E-state index in [0.29, 0.717) is 23.1 Å². The molecule has 1 aliphatic rings. The van der Waals surface area contributed by atoms with Gasteiger partial charge in [-0.25, -0.2) is 0 Å². The van der Waals surface area contributed by atoms with Crippen LogP contribution in [0.1, 0.15) is 22.3 Å². The van der Waals surface area contributed by atoms with E-state index in [4.69, 9.17) is 4.74 Å². The molecule has 0 radical (unpaired) electrons. The summed E-state index contributed by atoms with van der Waals surface area (Å²) in [6, 6.07) is 17.7. The average Bonchev–Trinajstić information content (AvgIpc) is 3.27. The number of carbonyl (C=O) groups is 1. The number of aromatic nitrogens is 1. The lowest BCUT2D eigenvalue weighted by molar-refractivity contribution is 0.102. The van der Waals surface area contributed by atoms with E-state index in [1.54, 1.807) is 30.6 Å². The summed E-state index contributed by atoms with van der Waals surface area (Å²) in [5, 5.41) is 2.98. The molecule has 1 fully saturated rings. The van der Waals surface area contributed by atoms with Crippen molar-refractivity contribution in [1.82, 2.24) is 9.88 Å². The predicted molar refractivity (Wildman–Crippen MR) is 124 cm³/mol. The minimum Gasteiger partial charge on any atom is -0.457 e. The Morgan fingerprint density at radius 1 is 1.10 bits per heavy atom. The molecule has 1 N–H and O–H groups in total. The lowest BCUT2D eigenvalue weighted by atomic mass is 10.1. The molecule has 1 aliphatic heterocycles. The van der Waals surface area contributed by atoms with Crippen molar-refractivity contribution in [2.24, 2.45) is 0 Å². The first kappa shape index (κ1) is 20.9. The number of rotatable bonds is 6. The standard InChI is InChI=1S/C25H28N4O2/c1-18-16-19(4-9-24(18)31-23-10-13-26-14-11-23)25(30)27-20-5-7-21(8-6-20)29-15-12-22(17-29)28(2)3/h4-11,13-14,16,22H,12,15,17H2,1-3H3,(H,27,30). The van der Waals surface area contributed by atoms with Crippen LogP contribution < -0.4 is 15.0 Å². The number of benzene rings is 2. The molecule has 0 spiro atoms. The first-order chi connectivity index (χ1) is 15.0. The minimum atomic E-state index is -0.139. The Labute approximate surface area is 183 Å². The summed E-state index contributed by atoms with van der Waals surface area (Å²) in [7, 11) is 4.26. The molecule has 1 aromatic heterocycles. The van der Waals surface area contributed by atoms with Gasteiger partial charge in [0.1, 0.15) is 11.5 Å². The molecule has 160 valence electrons. The first-order valence-corrected chi connectivity index (χ1v) is 10.5. The van der Waals surface area contributed by atoms with Gasteiger partial charge in [-0.05, 0) is 87.6 Å². The number of hydrogen-bond acceptors (Lipinski definition) is 5. The Balaban J connectivity index is 1.38. The number of anilines is 2. The van der Waals surface area contributed by atoms with Gasteiger partial charge in [0.2, 0.25) is 0 Å². The third-order valence-corrected chi connectivity index (χ3v) is 5.70. The molecule has 2 aromatic carbocycles. The number of hydrogen-bond donors (Lipinski definition) is 1. The Morgan fingerprint density at radius 3 is 2.48 bits per heavy atom. The molecule has 31 heavy (non-hydrogen) atoms. The Hall–Kier alpha value is -3.38. The molecule has 3 aromatic rings. The maximum atomic E-state index is 12.7. The zero-order valence-corrected chi connectivity index (χ0v) is 18.2. The Kier molecular flexibility index (Phi) is 6.18. The topological polar surface area (TPSA) is 57.7 Å². The highest BCUT2D eigenvalue weighted by Gasteiger charge is 2.24. The fraction of sp³-hybridized carbons (Fsp3) is 0.280. The number of nitrogens with zero attached hydrogens (tertiary/aromatic N) is 3. The summed E-state index contributed by atoms with van der Waals surface area (Å²) in [5.74, 6) is 1.29. The van der Waals surface area contributed by atoms with Crippen LogP contribution in [-0.2, 0) is 0 Å². The van der Waals surface area contributed by atoms with Gasteiger partial charge in [-0.1, -0.05) is 0 Å². The van der Waals surface area contributed by atoms with E-state index in [1.807, 2.05) is 31.2 Å². The highest BCUT2D eigenvalue weighted by atomic mass is 16.5. The van der Waals surface area contributed by atoms with Gasteiger partial charge < -0.3 is 19.9 Å². The average molecular weight is 417 g/mol. The number of ether oxygens (including phenoxy) is 1. The minimum absolute atomic E-state index is 0.139. The molecule has 0 bridgehead atoms. The molecular formula is C25H28N4O2. The maximum absolute atomic E-state index is 12.7. The summed E-state index contributed by atoms with van der Waals surface area (Å²) in [6.07, 6.45) is 4.54. The Bertz CT molecular complexity index is 1040. The van der Waals surface area contributed by atoms with Gasteiger partial charge >= 0.3 is 0 Å². The summed E-state index contributed by atoms with van der Waals surface area (Å²) >= 11 is 0. The van der Waals surface area contributed by atoms with Crippen LogP contribution in [0.2, 0.25) is 0 Å². The number of nitrogens with one attached hydrogen (secondary N) is 1. The van der Waals surface area contributed by atoms with Crippen molar-refractivity contribution in [1.29, 1.82) is 0 Å². The van der Waals surface area contributed by atoms with Crippen molar-refractivity contribution in [2.75, 3.05) is 37.4 Å². The number of pyridine rings is 1. The van der Waals surface area contributed by atoms with Gasteiger partial charge in [-0.3, -0.25) is 9.78 Å². The van der Waals surface area contributed by atoms with E-state index >= 15 is 0 Å². The second-order valence-electron chi connectivity index (χ2n) is 8.12. The number of likely N-dealkylation sites (N-methyl/N-ethyl adjacent to an activating group) is 1. The fourth-order valence-electron chi connectivity index (χ4n) is 3.80. The third-order valence-electron chi connectivity index (χ3n) is 5.70. The summed E-state index contributed by atoms with van der Waals surface area (Å²) in [6.45, 7) is 4.02. The van der Waals surface area contributed by atoms with Crippen molar-refractivity contribution in [2.45, 2.75) is 19.4 Å². The lowest BCUT2D eigenvalue weighted by Crippen LogP contribution is -2.31. The van der Waals surface area contributed by atoms with Crippen LogP contribution in [0.15, 0.2) is 67.0 Å². The monoisotopic (exact) mass is 416 g/mol. The van der Waals surface area contributed by atoms with E-state index in [0.717, 1.165) is 24.3 Å². The molecule has 1 saturated heterocycles. The van der Waals surface area contributed by atoms with Crippen LogP contribution in [0.4, 0.5) is 11.4 Å². The van der Waals surface area contributed by atoms with Crippen LogP contribution >= 0.6 is 0 Å². The summed E-state index contributed by atoms with van der Waals surface area (Å²) in [4.78, 5) is 21.4. The van der Waals surface area contributed by atoms with Gasteiger partial charge in [0, 0.05) is 48.5 Å². The van der Waals surface area contributed by atoms with Crippen LogP contribution in [0.3, 0.4) is 0 Å². The molecule has 2 heterocycles. The predicted octanol–water partition coefficient (Wildman–Crippen LogP) is 4.57. The molecule has 1 amide bonds. The summed E-state index contributed by atoms with van der Waals surface area (Å²) < 4.78 is 5.87. The van der Waals surface area contributed by atoms with Gasteiger partial charge in [0.25, 0.3) is 5.91 Å². The molecule has 1 unspecified atom stereocenters. The van der Waals surface area contributed by atoms with Gasteiger partial charge in [0.15, 0.2) is 0 Å². The number of aryl methyl sites for hydroxylation is 1. The van der Waals surface area contributed by atoms with Crippen LogP contribution in [-0.4, -0.2) is 49.0 Å². The lowest BCUT2D eigenvalue weighted by Gasteiger charge is -2.22. The van der Waals surface area contributed by atoms with E-state index in [2.05, 4.69) is 46.3 Å². The molecule has 0 saturated carbocycles. The molecule has 1 atom stereocenters. The van der Waals surface area contributed by atoms with Crippen LogP contribution in [0.5, 0.6) is 11.5 Å². The zero-order chi connectivity index (χ0) is 21.8. The second kappa shape index (κ2) is 9.18. The quantitative estimate of drug-likeness (QED) is 0.638. The van der Waals surface area contributed by atoms with Gasteiger partial charge in [0.05, 0.1) is 0 Å². The van der Waals surface area contributed by atoms with E-state index < -0.39 is 0 Å². The highest BCUT2D eigenvalue weighted by Crippen LogP contribution is 2.27. The summed E-state index contributed by atoms with van der Waals surface area (Å²) in [5.41, 5.74) is 3.46. The van der Waals surface area contributed by atoms with Gasteiger partial charge in [-0.15, -0.1) is 0 Å². The van der Waals surface area contributed by atoms with E-state index in [9.17, 15) is 4.79 Å². The largest absolute Gasteiger partial charge is 0.457 e. The SMILES string of the molecule is Cc1cc(C(=O)Nc2ccc(N3CCC(N(C)C)C3)cc2)ccc1Oc1ccncc1. The third kappa shape index (κ3) is 5.03. The van der Waals surface area contributed by atoms with Crippen molar-refractivity contribution < 1.29 is 9.53 Å². The van der Waals surface area contributed by atoms with Crippen LogP contribution in [0.25, 0.3) is 0 Å².